The molecule has 1 aliphatic rings. The highest BCUT2D eigenvalue weighted by Crippen LogP contribution is 2.40. The molecule has 0 spiro atoms. The van der Waals surface area contributed by atoms with Crippen LogP contribution in [0.1, 0.15) is 37.5 Å². The van der Waals surface area contributed by atoms with Crippen LogP contribution in [0.5, 0.6) is 0 Å². The molecule has 1 N–H and O–H groups in total. The van der Waals surface area contributed by atoms with Crippen molar-refractivity contribution in [1.29, 1.82) is 0 Å². The second-order valence-electron chi connectivity index (χ2n) is 10.1. The topological polar surface area (TPSA) is 81.3 Å². The number of aryl methyl sites for hydroxylation is 1. The Bertz CT molecular complexity index is 1560. The largest absolute Gasteiger partial charge is 0.325 e. The van der Waals surface area contributed by atoms with Crippen LogP contribution in [0, 0.1) is 6.92 Å². The Kier molecular flexibility index (Phi) is 6.08. The summed E-state index contributed by atoms with van der Waals surface area (Å²) in [5, 5.41) is 8.04. The maximum atomic E-state index is 14.0. The molecule has 0 bridgehead atoms. The summed E-state index contributed by atoms with van der Waals surface area (Å²) in [5.74, 6) is 0.401. The van der Waals surface area contributed by atoms with Gasteiger partial charge in [0.1, 0.15) is 0 Å². The number of rotatable bonds is 6. The lowest BCUT2D eigenvalue weighted by Crippen LogP contribution is -2.36. The predicted octanol–water partition coefficient (Wildman–Crippen LogP) is 5.01. The summed E-state index contributed by atoms with van der Waals surface area (Å²) in [6.07, 6.45) is 0.750. The molecule has 7 nitrogen and oxygen atoms in total. The maximum absolute atomic E-state index is 14.0. The van der Waals surface area contributed by atoms with Gasteiger partial charge in [-0.1, -0.05) is 79.7 Å². The molecular weight excluding hydrogens is 470 g/mol. The quantitative estimate of drug-likeness (QED) is 0.298. The molecule has 2 aromatic carbocycles. The van der Waals surface area contributed by atoms with Crippen LogP contribution in [0.4, 0.5) is 5.69 Å². The van der Waals surface area contributed by atoms with Gasteiger partial charge in [-0.25, -0.2) is 14.1 Å². The monoisotopic (exact) mass is 499 g/mol. The van der Waals surface area contributed by atoms with E-state index in [2.05, 4.69) is 31.8 Å². The molecule has 5 rings (SSSR count). The van der Waals surface area contributed by atoms with E-state index >= 15 is 0 Å². The smallest absolute Gasteiger partial charge is 0.265 e. The molecule has 1 aliphatic carbocycles. The lowest BCUT2D eigenvalue weighted by Gasteiger charge is -2.32. The van der Waals surface area contributed by atoms with Crippen molar-refractivity contribution in [2.45, 2.75) is 51.2 Å². The van der Waals surface area contributed by atoms with Crippen molar-refractivity contribution < 1.29 is 4.79 Å². The predicted molar refractivity (Wildman–Crippen MR) is 145 cm³/mol. The van der Waals surface area contributed by atoms with E-state index in [0.29, 0.717) is 28.7 Å². The van der Waals surface area contributed by atoms with Crippen molar-refractivity contribution in [3.63, 3.8) is 0 Å². The number of carbonyl (C=O) groups is 1. The molecule has 0 saturated heterocycles. The number of hydrogen-bond acceptors (Lipinski definition) is 5. The first kappa shape index (κ1) is 24.1. The SMILES string of the molecule is C=C(C)Cn1nc(SCC(=O)Nc2ccc(C)cc2)n2c(=O)c3c(nc12)-c1ccccc1CC3(C)C. The van der Waals surface area contributed by atoms with E-state index in [1.165, 1.54) is 17.3 Å². The van der Waals surface area contributed by atoms with Gasteiger partial charge >= 0.3 is 0 Å². The highest BCUT2D eigenvalue weighted by Gasteiger charge is 2.36. The Morgan fingerprint density at radius 1 is 1.17 bits per heavy atom. The van der Waals surface area contributed by atoms with Crippen LogP contribution in [0.25, 0.3) is 17.0 Å². The van der Waals surface area contributed by atoms with Crippen molar-refractivity contribution in [2.75, 3.05) is 11.1 Å². The van der Waals surface area contributed by atoms with Gasteiger partial charge in [-0.05, 0) is 38.0 Å². The van der Waals surface area contributed by atoms with Gasteiger partial charge in [0.2, 0.25) is 11.7 Å². The highest BCUT2D eigenvalue weighted by atomic mass is 32.2. The molecule has 0 radical (unpaired) electrons. The van der Waals surface area contributed by atoms with Gasteiger partial charge in [0.05, 0.1) is 23.6 Å². The number of nitrogens with zero attached hydrogens (tertiary/aromatic N) is 4. The van der Waals surface area contributed by atoms with Gasteiger partial charge < -0.3 is 5.32 Å². The molecule has 0 saturated carbocycles. The second-order valence-corrected chi connectivity index (χ2v) is 11.0. The van der Waals surface area contributed by atoms with E-state index in [0.717, 1.165) is 28.8 Å². The molecule has 2 aromatic heterocycles. The summed E-state index contributed by atoms with van der Waals surface area (Å²) in [4.78, 5) is 31.7. The third-order valence-corrected chi connectivity index (χ3v) is 7.29. The fourth-order valence-corrected chi connectivity index (χ4v) is 5.52. The third-order valence-electron chi connectivity index (χ3n) is 6.36. The van der Waals surface area contributed by atoms with Crippen molar-refractivity contribution in [3.05, 3.63) is 87.7 Å². The van der Waals surface area contributed by atoms with Crippen LogP contribution in [-0.2, 0) is 23.2 Å². The van der Waals surface area contributed by atoms with E-state index in [1.54, 1.807) is 9.08 Å². The first-order chi connectivity index (χ1) is 17.1. The molecule has 0 fully saturated rings. The molecule has 4 aromatic rings. The summed E-state index contributed by atoms with van der Waals surface area (Å²) in [7, 11) is 0. The number of amides is 1. The summed E-state index contributed by atoms with van der Waals surface area (Å²) in [6, 6.07) is 15.8. The van der Waals surface area contributed by atoms with Gasteiger partial charge in [-0.15, -0.1) is 5.10 Å². The van der Waals surface area contributed by atoms with Crippen molar-refractivity contribution in [3.8, 4) is 11.3 Å². The number of fused-ring (bicyclic) bond motifs is 4. The standard InChI is InChI=1S/C28H29N5O2S/c1-17(2)15-32-26-30-24-21-9-7-6-8-19(21)14-28(4,5)23(24)25(35)33(26)27(31-32)36-16-22(34)29-20-12-10-18(3)11-13-20/h6-13H,1,14-16H2,2-5H3,(H,29,34). The minimum atomic E-state index is -0.393. The molecule has 0 unspecified atom stereocenters. The zero-order valence-corrected chi connectivity index (χ0v) is 21.8. The van der Waals surface area contributed by atoms with Crippen LogP contribution in [0.15, 0.2) is 70.6 Å². The van der Waals surface area contributed by atoms with Crippen LogP contribution in [0.2, 0.25) is 0 Å². The van der Waals surface area contributed by atoms with E-state index in [9.17, 15) is 9.59 Å². The van der Waals surface area contributed by atoms with E-state index in [4.69, 9.17) is 10.1 Å². The number of hydrogen-bond donors (Lipinski definition) is 1. The number of nitrogens with one attached hydrogen (secondary N) is 1. The number of anilines is 1. The third kappa shape index (κ3) is 4.37. The Hall–Kier alpha value is -3.65. The van der Waals surface area contributed by atoms with Gasteiger partial charge in [0.25, 0.3) is 5.56 Å². The van der Waals surface area contributed by atoms with Crippen LogP contribution >= 0.6 is 11.8 Å². The zero-order chi connectivity index (χ0) is 25.6. The summed E-state index contributed by atoms with van der Waals surface area (Å²) in [6.45, 7) is 12.5. The first-order valence-electron chi connectivity index (χ1n) is 11.9. The molecular formula is C28H29N5O2S. The molecule has 0 aliphatic heterocycles. The average molecular weight is 500 g/mol. The highest BCUT2D eigenvalue weighted by molar-refractivity contribution is 7.99. The minimum absolute atomic E-state index is 0.114. The fraction of sp³-hybridized carbons (Fsp3) is 0.286. The van der Waals surface area contributed by atoms with Crippen molar-refractivity contribution in [2.24, 2.45) is 0 Å². The summed E-state index contributed by atoms with van der Waals surface area (Å²) in [5.41, 5.74) is 5.78. The number of allylic oxidation sites excluding steroid dienone is 1. The summed E-state index contributed by atoms with van der Waals surface area (Å²) < 4.78 is 3.26. The number of benzene rings is 2. The van der Waals surface area contributed by atoms with Gasteiger partial charge in [0.15, 0.2) is 5.16 Å². The Morgan fingerprint density at radius 3 is 2.61 bits per heavy atom. The molecule has 0 atom stereocenters. The molecule has 2 heterocycles. The van der Waals surface area contributed by atoms with Crippen LogP contribution in [0.3, 0.4) is 0 Å². The maximum Gasteiger partial charge on any atom is 0.265 e. The Balaban J connectivity index is 1.57. The van der Waals surface area contributed by atoms with Gasteiger partial charge in [-0.2, -0.15) is 0 Å². The molecule has 36 heavy (non-hydrogen) atoms. The molecule has 184 valence electrons. The van der Waals surface area contributed by atoms with Crippen LogP contribution in [-0.4, -0.2) is 30.8 Å². The molecule has 1 amide bonds. The normalized spacial score (nSPS) is 13.8. The Labute approximate surface area is 214 Å². The lowest BCUT2D eigenvalue weighted by molar-refractivity contribution is -0.113. The van der Waals surface area contributed by atoms with Gasteiger partial charge in [0, 0.05) is 16.7 Å². The lowest BCUT2D eigenvalue weighted by atomic mass is 9.72. The number of aromatic nitrogens is 4. The number of thioether (sulfide) groups is 1. The van der Waals surface area contributed by atoms with Crippen molar-refractivity contribution in [1.82, 2.24) is 19.2 Å². The van der Waals surface area contributed by atoms with Crippen molar-refractivity contribution >= 4 is 29.1 Å². The average Bonchev–Trinajstić information content (AvgIpc) is 3.15. The zero-order valence-electron chi connectivity index (χ0n) is 21.0. The fourth-order valence-electron chi connectivity index (χ4n) is 4.74. The van der Waals surface area contributed by atoms with E-state index < -0.39 is 5.41 Å². The summed E-state index contributed by atoms with van der Waals surface area (Å²) >= 11 is 1.23. The minimum Gasteiger partial charge on any atom is -0.325 e. The number of carbonyl (C=O) groups excluding carboxylic acids is 1. The van der Waals surface area contributed by atoms with Crippen LogP contribution < -0.4 is 10.9 Å². The Morgan fingerprint density at radius 2 is 1.89 bits per heavy atom. The second kappa shape index (κ2) is 9.09. The first-order valence-corrected chi connectivity index (χ1v) is 12.9. The van der Waals surface area contributed by atoms with E-state index in [-0.39, 0.29) is 17.2 Å². The van der Waals surface area contributed by atoms with E-state index in [1.807, 2.05) is 56.3 Å². The van der Waals surface area contributed by atoms with Gasteiger partial charge in [-0.3, -0.25) is 9.59 Å². The molecule has 8 heteroatoms.